The fourth-order valence-electron chi connectivity index (χ4n) is 3.36. The van der Waals surface area contributed by atoms with Gasteiger partial charge in [-0.05, 0) is 37.1 Å². The van der Waals surface area contributed by atoms with E-state index in [0.29, 0.717) is 21.4 Å². The molecule has 0 atom stereocenters. The van der Waals surface area contributed by atoms with Gasteiger partial charge in [0.05, 0.1) is 17.4 Å². The van der Waals surface area contributed by atoms with Crippen LogP contribution in [-0.2, 0) is 6.18 Å². The van der Waals surface area contributed by atoms with Crippen LogP contribution in [0.2, 0.25) is 0 Å². The minimum Gasteiger partial charge on any atom is -0.320 e. The Morgan fingerprint density at radius 3 is 2.77 bits per heavy atom. The molecular weight excluding hydrogens is 463 g/mol. The van der Waals surface area contributed by atoms with Crippen LogP contribution in [0.5, 0.6) is 0 Å². The number of nitrogens with zero attached hydrogens (tertiary/aromatic N) is 4. The standard InChI is InChI=1S/C20H13BrF3N5O/c21-13-5-6-14(17-11(13)2-1-7-25-17)28-19(30)12-9-26-29-16(20(22,23)24)8-15(10-3-4-10)27-18(12)29/h1-2,5-10H,3-4H2,(H,28,30). The molecule has 0 bridgehead atoms. The number of alkyl halides is 3. The van der Waals surface area contributed by atoms with Crippen LogP contribution in [0.15, 0.2) is 47.2 Å². The Morgan fingerprint density at radius 2 is 2.03 bits per heavy atom. The van der Waals surface area contributed by atoms with Crippen LogP contribution < -0.4 is 5.32 Å². The van der Waals surface area contributed by atoms with Crippen molar-refractivity contribution in [1.29, 1.82) is 0 Å². The fraction of sp³-hybridized carbons (Fsp3) is 0.200. The number of anilines is 1. The summed E-state index contributed by atoms with van der Waals surface area (Å²) in [6, 6.07) is 8.07. The lowest BCUT2D eigenvalue weighted by Gasteiger charge is -2.11. The van der Waals surface area contributed by atoms with E-state index in [1.807, 2.05) is 6.07 Å². The molecule has 0 aliphatic heterocycles. The van der Waals surface area contributed by atoms with Gasteiger partial charge in [0.15, 0.2) is 5.65 Å². The van der Waals surface area contributed by atoms with E-state index in [2.05, 4.69) is 36.3 Å². The van der Waals surface area contributed by atoms with Gasteiger partial charge in [0.2, 0.25) is 0 Å². The maximum atomic E-state index is 13.5. The first-order valence-corrected chi connectivity index (χ1v) is 9.92. The lowest BCUT2D eigenvalue weighted by molar-refractivity contribution is -0.142. The van der Waals surface area contributed by atoms with E-state index >= 15 is 0 Å². The quantitative estimate of drug-likeness (QED) is 0.442. The molecule has 152 valence electrons. The number of hydrogen-bond donors (Lipinski definition) is 1. The summed E-state index contributed by atoms with van der Waals surface area (Å²) < 4.78 is 42.1. The van der Waals surface area contributed by atoms with Crippen molar-refractivity contribution in [3.63, 3.8) is 0 Å². The Hall–Kier alpha value is -3.01. The molecule has 10 heteroatoms. The molecule has 1 amide bonds. The van der Waals surface area contributed by atoms with Gasteiger partial charge in [-0.1, -0.05) is 22.0 Å². The van der Waals surface area contributed by atoms with E-state index in [1.54, 1.807) is 24.4 Å². The van der Waals surface area contributed by atoms with Gasteiger partial charge in [-0.15, -0.1) is 0 Å². The van der Waals surface area contributed by atoms with Gasteiger partial charge in [-0.3, -0.25) is 9.78 Å². The van der Waals surface area contributed by atoms with Crippen LogP contribution in [0.4, 0.5) is 18.9 Å². The van der Waals surface area contributed by atoms with Crippen molar-refractivity contribution < 1.29 is 18.0 Å². The van der Waals surface area contributed by atoms with Crippen molar-refractivity contribution in [2.45, 2.75) is 24.9 Å². The third kappa shape index (κ3) is 3.20. The van der Waals surface area contributed by atoms with Crippen molar-refractivity contribution in [2.75, 3.05) is 5.32 Å². The lowest BCUT2D eigenvalue weighted by atomic mass is 10.2. The number of halogens is 4. The van der Waals surface area contributed by atoms with Crippen molar-refractivity contribution in [3.05, 3.63) is 64.1 Å². The second-order valence-electron chi connectivity index (χ2n) is 7.08. The second kappa shape index (κ2) is 6.76. The Morgan fingerprint density at radius 1 is 1.23 bits per heavy atom. The van der Waals surface area contributed by atoms with Crippen molar-refractivity contribution in [2.24, 2.45) is 0 Å². The molecule has 4 aromatic rings. The molecule has 1 saturated carbocycles. The number of rotatable bonds is 3. The van der Waals surface area contributed by atoms with Crippen molar-refractivity contribution in [3.8, 4) is 0 Å². The van der Waals surface area contributed by atoms with Crippen LogP contribution in [0.25, 0.3) is 16.6 Å². The zero-order valence-corrected chi connectivity index (χ0v) is 16.8. The Kier molecular flexibility index (Phi) is 4.28. The monoisotopic (exact) mass is 475 g/mol. The van der Waals surface area contributed by atoms with Gasteiger partial charge >= 0.3 is 6.18 Å². The first kappa shape index (κ1) is 19.0. The average molecular weight is 476 g/mol. The number of aromatic nitrogens is 4. The number of benzene rings is 1. The van der Waals surface area contributed by atoms with E-state index in [4.69, 9.17) is 0 Å². The number of hydrogen-bond acceptors (Lipinski definition) is 4. The SMILES string of the molecule is O=C(Nc1ccc(Br)c2cccnc12)c1cnn2c(C(F)(F)F)cc(C3CC3)nc12. The van der Waals surface area contributed by atoms with Crippen molar-refractivity contribution in [1.82, 2.24) is 19.6 Å². The minimum atomic E-state index is -4.61. The van der Waals surface area contributed by atoms with Crippen molar-refractivity contribution >= 4 is 44.1 Å². The largest absolute Gasteiger partial charge is 0.433 e. The number of fused-ring (bicyclic) bond motifs is 2. The Labute approximate surface area is 176 Å². The molecule has 3 aromatic heterocycles. The summed E-state index contributed by atoms with van der Waals surface area (Å²) in [5.41, 5.74) is 0.241. The van der Waals surface area contributed by atoms with E-state index < -0.39 is 17.8 Å². The molecule has 0 saturated heterocycles. The first-order chi connectivity index (χ1) is 14.3. The summed E-state index contributed by atoms with van der Waals surface area (Å²) in [4.78, 5) is 21.6. The number of amides is 1. The fourth-order valence-corrected chi connectivity index (χ4v) is 3.81. The molecule has 1 fully saturated rings. The topological polar surface area (TPSA) is 72.2 Å². The first-order valence-electron chi connectivity index (χ1n) is 9.13. The predicted octanol–water partition coefficient (Wildman–Crippen LogP) is 5.19. The lowest BCUT2D eigenvalue weighted by Crippen LogP contribution is -2.16. The van der Waals surface area contributed by atoms with Crippen LogP contribution in [0, 0.1) is 0 Å². The molecule has 1 N–H and O–H groups in total. The summed E-state index contributed by atoms with van der Waals surface area (Å²) >= 11 is 3.44. The second-order valence-corrected chi connectivity index (χ2v) is 7.93. The van der Waals surface area contributed by atoms with Crippen LogP contribution in [0.1, 0.15) is 40.5 Å². The van der Waals surface area contributed by atoms with Gasteiger partial charge in [0, 0.05) is 27.7 Å². The Bertz CT molecular complexity index is 1310. The van der Waals surface area contributed by atoms with Crippen LogP contribution in [-0.4, -0.2) is 25.5 Å². The summed E-state index contributed by atoms with van der Waals surface area (Å²) in [6.45, 7) is 0. The molecule has 0 spiro atoms. The van der Waals surface area contributed by atoms with E-state index in [1.165, 1.54) is 0 Å². The van der Waals surface area contributed by atoms with Gasteiger partial charge in [0.25, 0.3) is 5.91 Å². The maximum Gasteiger partial charge on any atom is 0.433 e. The third-order valence-corrected chi connectivity index (χ3v) is 5.68. The average Bonchev–Trinajstić information content (AvgIpc) is 3.48. The normalized spacial score (nSPS) is 14.4. The van der Waals surface area contributed by atoms with E-state index in [-0.39, 0.29) is 17.1 Å². The predicted molar refractivity (Wildman–Crippen MR) is 107 cm³/mol. The molecule has 1 aliphatic rings. The zero-order valence-electron chi connectivity index (χ0n) is 15.2. The number of carbonyl (C=O) groups is 1. The third-order valence-electron chi connectivity index (χ3n) is 4.99. The molecule has 1 aliphatic carbocycles. The highest BCUT2D eigenvalue weighted by molar-refractivity contribution is 9.10. The van der Waals surface area contributed by atoms with Gasteiger partial charge < -0.3 is 5.32 Å². The zero-order chi connectivity index (χ0) is 21.0. The van der Waals surface area contributed by atoms with Gasteiger partial charge in [-0.25, -0.2) is 9.50 Å². The summed E-state index contributed by atoms with van der Waals surface area (Å²) in [7, 11) is 0. The highest BCUT2D eigenvalue weighted by atomic mass is 79.9. The molecule has 3 heterocycles. The van der Waals surface area contributed by atoms with E-state index in [0.717, 1.165) is 35.0 Å². The molecule has 30 heavy (non-hydrogen) atoms. The van der Waals surface area contributed by atoms with Gasteiger partial charge in [-0.2, -0.15) is 18.3 Å². The van der Waals surface area contributed by atoms with Gasteiger partial charge in [0.1, 0.15) is 11.3 Å². The number of pyridine rings is 1. The molecule has 6 nitrogen and oxygen atoms in total. The molecular formula is C20H13BrF3N5O. The Balaban J connectivity index is 1.59. The summed E-state index contributed by atoms with van der Waals surface area (Å²) in [5, 5.41) is 7.32. The maximum absolute atomic E-state index is 13.5. The van der Waals surface area contributed by atoms with Crippen LogP contribution >= 0.6 is 15.9 Å². The summed E-state index contributed by atoms with van der Waals surface area (Å²) in [6.07, 6.45) is -0.341. The summed E-state index contributed by atoms with van der Waals surface area (Å²) in [5.74, 6) is -0.616. The number of carbonyl (C=O) groups excluding carboxylic acids is 1. The molecule has 0 unspecified atom stereocenters. The number of nitrogens with one attached hydrogen (secondary N) is 1. The van der Waals surface area contributed by atoms with E-state index in [9.17, 15) is 18.0 Å². The minimum absolute atomic E-state index is 0.0125. The molecule has 0 radical (unpaired) electrons. The molecule has 5 rings (SSSR count). The highest BCUT2D eigenvalue weighted by Crippen LogP contribution is 2.41. The molecule has 1 aromatic carbocycles. The van der Waals surface area contributed by atoms with Crippen LogP contribution in [0.3, 0.4) is 0 Å². The highest BCUT2D eigenvalue weighted by Gasteiger charge is 2.38. The smallest absolute Gasteiger partial charge is 0.320 e.